The van der Waals surface area contributed by atoms with E-state index in [0.29, 0.717) is 10.6 Å². The van der Waals surface area contributed by atoms with E-state index in [9.17, 15) is 9.90 Å². The number of carbonyl (C=O) groups is 1. The predicted octanol–water partition coefficient (Wildman–Crippen LogP) is 2.08. The lowest BCUT2D eigenvalue weighted by molar-refractivity contribution is -0.120. The van der Waals surface area contributed by atoms with Gasteiger partial charge < -0.3 is 10.4 Å². The number of halogens is 1. The Hall–Kier alpha value is -1.85. The van der Waals surface area contributed by atoms with Gasteiger partial charge in [-0.2, -0.15) is 5.10 Å². The molecule has 1 amide bonds. The monoisotopic (exact) mass is 321 g/mol. The fraction of sp³-hybridized carbons (Fsp3) is 0.375. The second-order valence-electron chi connectivity index (χ2n) is 5.29. The van der Waals surface area contributed by atoms with Crippen molar-refractivity contribution in [3.8, 4) is 0 Å². The number of aliphatic hydroxyl groups is 1. The lowest BCUT2D eigenvalue weighted by Crippen LogP contribution is -2.30. The summed E-state index contributed by atoms with van der Waals surface area (Å²) in [5.74, 6) is -0.148. The lowest BCUT2D eigenvalue weighted by atomic mass is 10.1. The van der Waals surface area contributed by atoms with Gasteiger partial charge in [0.15, 0.2) is 0 Å². The Morgan fingerprint density at radius 3 is 2.68 bits per heavy atom. The first-order valence-corrected chi connectivity index (χ1v) is 7.46. The molecule has 1 heterocycles. The highest BCUT2D eigenvalue weighted by Gasteiger charge is 2.16. The first-order chi connectivity index (χ1) is 10.4. The minimum atomic E-state index is -0.825. The molecule has 2 aromatic rings. The van der Waals surface area contributed by atoms with Crippen LogP contribution in [0.4, 0.5) is 0 Å². The quantitative estimate of drug-likeness (QED) is 0.886. The molecular weight excluding hydrogens is 302 g/mol. The van der Waals surface area contributed by atoms with Crippen LogP contribution in [0.2, 0.25) is 5.02 Å². The van der Waals surface area contributed by atoms with Gasteiger partial charge in [-0.15, -0.1) is 0 Å². The summed E-state index contributed by atoms with van der Waals surface area (Å²) < 4.78 is 1.76. The third-order valence-electron chi connectivity index (χ3n) is 3.75. The lowest BCUT2D eigenvalue weighted by Gasteiger charge is -2.13. The number of rotatable bonds is 5. The average Bonchev–Trinajstić information content (AvgIpc) is 2.72. The molecule has 0 bridgehead atoms. The average molecular weight is 322 g/mol. The molecule has 118 valence electrons. The summed E-state index contributed by atoms with van der Waals surface area (Å²) >= 11 is 6.02. The minimum Gasteiger partial charge on any atom is -0.387 e. The third kappa shape index (κ3) is 3.67. The summed E-state index contributed by atoms with van der Waals surface area (Å²) in [5.41, 5.74) is 3.35. The highest BCUT2D eigenvalue weighted by atomic mass is 35.5. The van der Waals surface area contributed by atoms with E-state index >= 15 is 0 Å². The van der Waals surface area contributed by atoms with Crippen molar-refractivity contribution in [1.82, 2.24) is 15.1 Å². The number of amides is 1. The van der Waals surface area contributed by atoms with Crippen LogP contribution in [0, 0.1) is 13.8 Å². The van der Waals surface area contributed by atoms with E-state index < -0.39 is 6.10 Å². The first-order valence-electron chi connectivity index (χ1n) is 7.08. The largest absolute Gasteiger partial charge is 0.387 e. The molecule has 1 atom stereocenters. The maximum absolute atomic E-state index is 12.1. The summed E-state index contributed by atoms with van der Waals surface area (Å²) in [4.78, 5) is 12.1. The fourth-order valence-electron chi connectivity index (χ4n) is 2.36. The van der Waals surface area contributed by atoms with Crippen molar-refractivity contribution < 1.29 is 9.90 Å². The summed E-state index contributed by atoms with van der Waals surface area (Å²) in [5, 5.41) is 17.6. The Morgan fingerprint density at radius 2 is 2.09 bits per heavy atom. The number of aryl methyl sites for hydroxylation is 2. The second-order valence-corrected chi connectivity index (χ2v) is 5.70. The van der Waals surface area contributed by atoms with Gasteiger partial charge in [-0.25, -0.2) is 0 Å². The van der Waals surface area contributed by atoms with E-state index in [0.717, 1.165) is 17.0 Å². The van der Waals surface area contributed by atoms with Crippen LogP contribution in [0.3, 0.4) is 0 Å². The Kier molecular flexibility index (Phi) is 5.21. The molecule has 6 heteroatoms. The molecular formula is C16H20ClN3O2. The van der Waals surface area contributed by atoms with Crippen LogP contribution in [-0.2, 0) is 18.3 Å². The van der Waals surface area contributed by atoms with Crippen LogP contribution in [0.15, 0.2) is 24.3 Å². The van der Waals surface area contributed by atoms with Crippen molar-refractivity contribution in [3.63, 3.8) is 0 Å². The number of carbonyl (C=O) groups excluding carboxylic acids is 1. The standard InChI is InChI=1S/C16H20ClN3O2/c1-10-13(11(2)20(3)19-10)8-16(22)18-9-15(21)12-6-4-5-7-14(12)17/h4-7,15,21H,8-9H2,1-3H3,(H,18,22). The molecule has 1 unspecified atom stereocenters. The van der Waals surface area contributed by atoms with Gasteiger partial charge in [0.1, 0.15) is 0 Å². The van der Waals surface area contributed by atoms with Gasteiger partial charge >= 0.3 is 0 Å². The van der Waals surface area contributed by atoms with E-state index in [1.54, 1.807) is 28.9 Å². The molecule has 1 aromatic carbocycles. The molecule has 0 fully saturated rings. The van der Waals surface area contributed by atoms with Crippen LogP contribution >= 0.6 is 11.6 Å². The van der Waals surface area contributed by atoms with Crippen LogP contribution in [0.1, 0.15) is 28.6 Å². The van der Waals surface area contributed by atoms with Crippen LogP contribution in [0.5, 0.6) is 0 Å². The molecule has 0 aliphatic heterocycles. The molecule has 22 heavy (non-hydrogen) atoms. The predicted molar refractivity (Wildman–Crippen MR) is 85.8 cm³/mol. The zero-order valence-corrected chi connectivity index (χ0v) is 13.7. The number of nitrogens with one attached hydrogen (secondary N) is 1. The Morgan fingerprint density at radius 1 is 1.41 bits per heavy atom. The number of hydrogen-bond acceptors (Lipinski definition) is 3. The Balaban J connectivity index is 1.94. The normalized spacial score (nSPS) is 12.2. The Bertz CT molecular complexity index is 682. The topological polar surface area (TPSA) is 67.2 Å². The molecule has 0 aliphatic carbocycles. The summed E-state index contributed by atoms with van der Waals surface area (Å²) in [6.07, 6.45) is -0.574. The van der Waals surface area contributed by atoms with Gasteiger partial charge in [0.2, 0.25) is 5.91 Å². The molecule has 0 aliphatic rings. The number of aromatic nitrogens is 2. The zero-order chi connectivity index (χ0) is 16.3. The molecule has 0 radical (unpaired) electrons. The number of benzene rings is 1. The van der Waals surface area contributed by atoms with Crippen LogP contribution in [-0.4, -0.2) is 27.3 Å². The van der Waals surface area contributed by atoms with E-state index in [-0.39, 0.29) is 18.9 Å². The molecule has 0 spiro atoms. The van der Waals surface area contributed by atoms with Crippen molar-refractivity contribution in [3.05, 3.63) is 51.8 Å². The van der Waals surface area contributed by atoms with Gasteiger partial charge in [0.25, 0.3) is 0 Å². The van der Waals surface area contributed by atoms with Crippen molar-refractivity contribution in [2.45, 2.75) is 26.4 Å². The summed E-state index contributed by atoms with van der Waals surface area (Å²) in [6, 6.07) is 7.05. The zero-order valence-electron chi connectivity index (χ0n) is 12.9. The maximum Gasteiger partial charge on any atom is 0.224 e. The van der Waals surface area contributed by atoms with Crippen molar-refractivity contribution >= 4 is 17.5 Å². The number of nitrogens with zero attached hydrogens (tertiary/aromatic N) is 2. The third-order valence-corrected chi connectivity index (χ3v) is 4.10. The summed E-state index contributed by atoms with van der Waals surface area (Å²) in [6.45, 7) is 3.94. The molecule has 1 aromatic heterocycles. The summed E-state index contributed by atoms with van der Waals surface area (Å²) in [7, 11) is 1.85. The molecule has 0 saturated carbocycles. The second kappa shape index (κ2) is 6.94. The van der Waals surface area contributed by atoms with Crippen LogP contribution < -0.4 is 5.32 Å². The van der Waals surface area contributed by atoms with E-state index in [1.165, 1.54) is 0 Å². The van der Waals surface area contributed by atoms with Crippen molar-refractivity contribution in [2.24, 2.45) is 7.05 Å². The highest BCUT2D eigenvalue weighted by Crippen LogP contribution is 2.21. The SMILES string of the molecule is Cc1nn(C)c(C)c1CC(=O)NCC(O)c1ccccc1Cl. The maximum atomic E-state index is 12.1. The molecule has 2 N–H and O–H groups in total. The molecule has 0 saturated heterocycles. The number of aliphatic hydroxyl groups excluding tert-OH is 1. The highest BCUT2D eigenvalue weighted by molar-refractivity contribution is 6.31. The van der Waals surface area contributed by atoms with E-state index in [2.05, 4.69) is 10.4 Å². The van der Waals surface area contributed by atoms with E-state index in [4.69, 9.17) is 11.6 Å². The first kappa shape index (κ1) is 16.5. The van der Waals surface area contributed by atoms with Gasteiger partial charge in [-0.1, -0.05) is 29.8 Å². The van der Waals surface area contributed by atoms with Gasteiger partial charge in [0.05, 0.1) is 18.2 Å². The van der Waals surface area contributed by atoms with E-state index in [1.807, 2.05) is 20.9 Å². The van der Waals surface area contributed by atoms with Gasteiger partial charge in [0, 0.05) is 35.4 Å². The fourth-order valence-corrected chi connectivity index (χ4v) is 2.62. The van der Waals surface area contributed by atoms with Crippen LogP contribution in [0.25, 0.3) is 0 Å². The molecule has 2 rings (SSSR count). The Labute approximate surface area is 134 Å². The smallest absolute Gasteiger partial charge is 0.224 e. The van der Waals surface area contributed by atoms with Gasteiger partial charge in [-0.05, 0) is 19.9 Å². The molecule has 5 nitrogen and oxygen atoms in total. The number of hydrogen-bond donors (Lipinski definition) is 2. The van der Waals surface area contributed by atoms with Crippen molar-refractivity contribution in [1.29, 1.82) is 0 Å². The van der Waals surface area contributed by atoms with Crippen molar-refractivity contribution in [2.75, 3.05) is 6.54 Å². The minimum absolute atomic E-state index is 0.126. The van der Waals surface area contributed by atoms with Gasteiger partial charge in [-0.3, -0.25) is 9.48 Å².